The number of benzene rings is 3. The van der Waals surface area contributed by atoms with Crippen molar-refractivity contribution in [2.24, 2.45) is 17.8 Å². The standard InChI is InChI=1S/C49H54F2N8O6/c1-24(2)39(56-46(62)64-5)44(60)58-30-11-7-29(19-30)41(58)43-53-35-14-10-27(22-36(35)54-43)26-8-12-31-32-13-9-28(21-34(32)49(50,51)33(31)20-26)37-23-52-42(55-37)38-15-16-48(17-18-48)59(38)45(61)40(25(3)4)57-47(63)65-6/h8-10,12-14,20-25,29-30,38-41H,7,11,15-19H2,1-6H3,(H,52,55)(H,53,54)(H,56,62)(H,57,63). The van der Waals surface area contributed by atoms with Gasteiger partial charge in [0.05, 0.1) is 49.2 Å². The summed E-state index contributed by atoms with van der Waals surface area (Å²) in [6, 6.07) is 13.8. The van der Waals surface area contributed by atoms with Crippen LogP contribution in [0.2, 0.25) is 0 Å². The summed E-state index contributed by atoms with van der Waals surface area (Å²) < 4.78 is 43.0. The number of nitrogens with one attached hydrogen (secondary N) is 4. The molecule has 2 saturated heterocycles. The molecular weight excluding hydrogens is 835 g/mol. The Morgan fingerprint density at radius 1 is 0.754 bits per heavy atom. The Labute approximate surface area is 375 Å². The number of alkyl carbamates (subject to hydrolysis) is 2. The lowest BCUT2D eigenvalue weighted by atomic mass is 9.95. The smallest absolute Gasteiger partial charge is 0.407 e. The maximum atomic E-state index is 16.7. The van der Waals surface area contributed by atoms with Gasteiger partial charge in [-0.3, -0.25) is 9.59 Å². The summed E-state index contributed by atoms with van der Waals surface area (Å²) in [4.78, 5) is 72.9. The molecule has 5 aromatic rings. The molecular formula is C49H54F2N8O6. The number of hydrogen-bond donors (Lipinski definition) is 4. The molecule has 3 aromatic carbocycles. The lowest BCUT2D eigenvalue weighted by Gasteiger charge is -2.37. The Balaban J connectivity index is 0.897. The van der Waals surface area contributed by atoms with Crippen LogP contribution < -0.4 is 10.6 Å². The number of ether oxygens (including phenoxy) is 2. The molecule has 5 aliphatic rings. The number of aromatic amines is 2. The van der Waals surface area contributed by atoms with E-state index in [1.54, 1.807) is 24.4 Å². The number of carbonyl (C=O) groups is 4. The van der Waals surface area contributed by atoms with Crippen LogP contribution >= 0.6 is 0 Å². The summed E-state index contributed by atoms with van der Waals surface area (Å²) in [6.45, 7) is 7.54. The van der Waals surface area contributed by atoms with Gasteiger partial charge in [-0.15, -0.1) is 0 Å². The van der Waals surface area contributed by atoms with E-state index in [1.165, 1.54) is 20.3 Å². The molecule has 65 heavy (non-hydrogen) atoms. The van der Waals surface area contributed by atoms with Crippen molar-refractivity contribution >= 4 is 35.0 Å². The normalized spacial score (nSPS) is 22.9. The highest BCUT2D eigenvalue weighted by Crippen LogP contribution is 2.57. The highest BCUT2D eigenvalue weighted by Gasteiger charge is 2.59. The summed E-state index contributed by atoms with van der Waals surface area (Å²) in [7, 11) is 2.55. The molecule has 4 heterocycles. The van der Waals surface area contributed by atoms with Crippen LogP contribution in [-0.4, -0.2) is 91.6 Å². The van der Waals surface area contributed by atoms with E-state index in [9.17, 15) is 19.2 Å². The Bertz CT molecular complexity index is 2740. The zero-order valence-corrected chi connectivity index (χ0v) is 37.3. The van der Waals surface area contributed by atoms with Gasteiger partial charge in [0.25, 0.3) is 5.92 Å². The van der Waals surface area contributed by atoms with Crippen molar-refractivity contribution in [3.05, 3.63) is 83.6 Å². The monoisotopic (exact) mass is 888 g/mol. The van der Waals surface area contributed by atoms with Gasteiger partial charge in [0.15, 0.2) is 0 Å². The molecule has 2 bridgehead atoms. The first kappa shape index (κ1) is 42.6. The van der Waals surface area contributed by atoms with E-state index in [-0.39, 0.29) is 64.4 Å². The molecule has 0 radical (unpaired) electrons. The molecule has 10 rings (SSSR count). The fraction of sp³-hybridized carbons (Fsp3) is 0.469. The van der Waals surface area contributed by atoms with Crippen molar-refractivity contribution in [1.29, 1.82) is 0 Å². The number of carbonyl (C=O) groups excluding carboxylic acids is 4. The van der Waals surface area contributed by atoms with Crippen LogP contribution in [0.15, 0.2) is 60.8 Å². The number of methoxy groups -OCH3 is 2. The number of nitrogens with zero attached hydrogens (tertiary/aromatic N) is 4. The second-order valence-corrected chi connectivity index (χ2v) is 19.3. The van der Waals surface area contributed by atoms with Gasteiger partial charge in [-0.2, -0.15) is 8.78 Å². The Hall–Kier alpha value is -6.32. The second kappa shape index (κ2) is 15.7. The molecule has 6 unspecified atom stereocenters. The number of fused-ring (bicyclic) bond motifs is 6. The molecule has 340 valence electrons. The lowest BCUT2D eigenvalue weighted by molar-refractivity contribution is -0.139. The van der Waals surface area contributed by atoms with Crippen LogP contribution in [0.3, 0.4) is 0 Å². The van der Waals surface area contributed by atoms with Crippen LogP contribution in [0.1, 0.15) is 108 Å². The van der Waals surface area contributed by atoms with Crippen molar-refractivity contribution < 1.29 is 37.4 Å². The molecule has 14 nitrogen and oxygen atoms in total. The molecule has 16 heteroatoms. The first-order valence-corrected chi connectivity index (χ1v) is 22.7. The summed E-state index contributed by atoms with van der Waals surface area (Å²) in [5.74, 6) is -2.51. The van der Waals surface area contributed by atoms with E-state index >= 15 is 8.78 Å². The highest BCUT2D eigenvalue weighted by molar-refractivity contribution is 5.89. The van der Waals surface area contributed by atoms with Gasteiger partial charge in [-0.05, 0) is 109 Å². The fourth-order valence-corrected chi connectivity index (χ4v) is 11.2. The minimum atomic E-state index is -3.29. The number of halogens is 2. The van der Waals surface area contributed by atoms with Crippen molar-refractivity contribution in [2.45, 2.75) is 114 Å². The largest absolute Gasteiger partial charge is 0.453 e. The summed E-state index contributed by atoms with van der Waals surface area (Å²) >= 11 is 0. The maximum absolute atomic E-state index is 16.7. The molecule has 4 fully saturated rings. The van der Waals surface area contributed by atoms with Crippen LogP contribution in [0.4, 0.5) is 18.4 Å². The summed E-state index contributed by atoms with van der Waals surface area (Å²) in [5.41, 5.74) is 4.39. The number of amides is 4. The van der Waals surface area contributed by atoms with Gasteiger partial charge < -0.3 is 39.9 Å². The van der Waals surface area contributed by atoms with E-state index in [4.69, 9.17) is 19.4 Å². The van der Waals surface area contributed by atoms with Gasteiger partial charge in [-0.25, -0.2) is 19.6 Å². The third kappa shape index (κ3) is 7.01. The zero-order valence-electron chi connectivity index (χ0n) is 37.3. The van der Waals surface area contributed by atoms with Gasteiger partial charge in [-0.1, -0.05) is 58.0 Å². The van der Waals surface area contributed by atoms with E-state index in [1.807, 2.05) is 67.8 Å². The molecule has 4 N–H and O–H groups in total. The summed E-state index contributed by atoms with van der Waals surface area (Å²) in [6.07, 6.45) is 6.27. The van der Waals surface area contributed by atoms with Crippen LogP contribution in [0.5, 0.6) is 0 Å². The fourth-order valence-electron chi connectivity index (χ4n) is 11.2. The van der Waals surface area contributed by atoms with Crippen molar-refractivity contribution in [1.82, 2.24) is 40.4 Å². The highest BCUT2D eigenvalue weighted by atomic mass is 19.3. The van der Waals surface area contributed by atoms with Gasteiger partial charge >= 0.3 is 12.2 Å². The van der Waals surface area contributed by atoms with Crippen LogP contribution in [0.25, 0.3) is 44.5 Å². The molecule has 4 amide bonds. The van der Waals surface area contributed by atoms with Crippen molar-refractivity contribution in [3.63, 3.8) is 0 Å². The SMILES string of the molecule is COC(=O)NC(C(=O)N1C2CCC(C2)C1c1nc2ccc(-c3ccc4c(c3)C(F)(F)c3cc(-c5cnc(C6CCC7(CC7)N6C(=O)C(NC(=O)OC)C(C)C)[nH]5)ccc3-4)cc2[nH]1)C(C)C. The Kier molecular flexibility index (Phi) is 10.3. The van der Waals surface area contributed by atoms with Crippen LogP contribution in [-0.2, 0) is 25.0 Å². The predicted molar refractivity (Wildman–Crippen MR) is 237 cm³/mol. The number of likely N-dealkylation sites (tertiary alicyclic amines) is 2. The Morgan fingerprint density at radius 3 is 2.02 bits per heavy atom. The predicted octanol–water partition coefficient (Wildman–Crippen LogP) is 8.75. The third-order valence-electron chi connectivity index (χ3n) is 14.7. The average Bonchev–Trinajstić information content (AvgIpc) is 3.93. The van der Waals surface area contributed by atoms with Gasteiger partial charge in [0, 0.05) is 28.3 Å². The number of imidazole rings is 2. The molecule has 2 aromatic heterocycles. The average molecular weight is 889 g/mol. The van der Waals surface area contributed by atoms with E-state index in [2.05, 4.69) is 20.6 Å². The number of piperidine rings is 1. The summed E-state index contributed by atoms with van der Waals surface area (Å²) in [5, 5.41) is 5.45. The van der Waals surface area contributed by atoms with E-state index in [0.29, 0.717) is 51.5 Å². The van der Waals surface area contributed by atoms with E-state index < -0.39 is 30.2 Å². The minimum absolute atomic E-state index is 0.0454. The number of alkyl halides is 2. The second-order valence-electron chi connectivity index (χ2n) is 19.3. The van der Waals surface area contributed by atoms with Gasteiger partial charge in [0.1, 0.15) is 23.7 Å². The van der Waals surface area contributed by atoms with Crippen molar-refractivity contribution in [2.75, 3.05) is 14.2 Å². The molecule has 1 spiro atoms. The number of hydrogen-bond acceptors (Lipinski definition) is 8. The number of H-pyrrole nitrogens is 2. The minimum Gasteiger partial charge on any atom is -0.453 e. The number of rotatable bonds is 10. The topological polar surface area (TPSA) is 175 Å². The van der Waals surface area contributed by atoms with Crippen LogP contribution in [0, 0.1) is 17.8 Å². The zero-order chi connectivity index (χ0) is 45.7. The molecule has 2 saturated carbocycles. The van der Waals surface area contributed by atoms with Gasteiger partial charge in [0.2, 0.25) is 11.8 Å². The third-order valence-corrected chi connectivity index (χ3v) is 14.7. The number of aromatic nitrogens is 4. The first-order chi connectivity index (χ1) is 31.1. The lowest BCUT2D eigenvalue weighted by Crippen LogP contribution is -2.54. The molecule has 6 atom stereocenters. The molecule has 3 aliphatic carbocycles. The molecule has 2 aliphatic heterocycles. The Morgan fingerprint density at radius 2 is 1.37 bits per heavy atom. The maximum Gasteiger partial charge on any atom is 0.407 e. The van der Waals surface area contributed by atoms with E-state index in [0.717, 1.165) is 49.6 Å². The first-order valence-electron chi connectivity index (χ1n) is 22.7. The quantitative estimate of drug-likeness (QED) is 0.108. The van der Waals surface area contributed by atoms with Crippen molar-refractivity contribution in [3.8, 4) is 33.5 Å².